The number of anilines is 1. The van der Waals surface area contributed by atoms with Crippen molar-refractivity contribution in [3.05, 3.63) is 36.0 Å². The lowest BCUT2D eigenvalue weighted by Crippen LogP contribution is -2.28. The molecule has 1 aromatic carbocycles. The fraction of sp³-hybridized carbons (Fsp3) is 0.467. The molecule has 3 nitrogen and oxygen atoms in total. The van der Waals surface area contributed by atoms with Crippen LogP contribution >= 0.6 is 0 Å². The summed E-state index contributed by atoms with van der Waals surface area (Å²) < 4.78 is 0. The van der Waals surface area contributed by atoms with Crippen LogP contribution < -0.4 is 10.4 Å². The Labute approximate surface area is 116 Å². The zero-order valence-electron chi connectivity index (χ0n) is 11.9. The Hall–Kier alpha value is -1.26. The van der Waals surface area contributed by atoms with Crippen molar-refractivity contribution in [2.45, 2.75) is 26.2 Å². The van der Waals surface area contributed by atoms with Gasteiger partial charge in [-0.15, -0.1) is 0 Å². The van der Waals surface area contributed by atoms with Gasteiger partial charge in [0.2, 0.25) is 0 Å². The molecule has 1 heterocycles. The van der Waals surface area contributed by atoms with Gasteiger partial charge in [-0.25, -0.2) is 9.78 Å². The minimum absolute atomic E-state index is 0.101. The van der Waals surface area contributed by atoms with E-state index in [2.05, 4.69) is 25.3 Å². The van der Waals surface area contributed by atoms with Crippen LogP contribution in [0.1, 0.15) is 26.3 Å². The quantitative estimate of drug-likeness (QED) is 0.349. The molecule has 1 aromatic rings. The fourth-order valence-corrected chi connectivity index (χ4v) is 2.45. The van der Waals surface area contributed by atoms with Crippen molar-refractivity contribution >= 4 is 19.0 Å². The number of hydrogen-bond donors (Lipinski definition) is 0. The molecule has 19 heavy (non-hydrogen) atoms. The average molecular weight is 257 g/mol. The van der Waals surface area contributed by atoms with Crippen molar-refractivity contribution < 1.29 is 9.78 Å². The number of allylic oxidation sites excluding steroid dienone is 1. The summed E-state index contributed by atoms with van der Waals surface area (Å²) in [6.45, 7) is 12.2. The second-order valence-electron chi connectivity index (χ2n) is 5.23. The Balaban J connectivity index is 2.20. The molecule has 0 fully saturated rings. The van der Waals surface area contributed by atoms with E-state index in [0.29, 0.717) is 13.2 Å². The van der Waals surface area contributed by atoms with E-state index in [4.69, 9.17) is 17.6 Å². The van der Waals surface area contributed by atoms with E-state index in [1.54, 1.807) is 0 Å². The van der Waals surface area contributed by atoms with Crippen LogP contribution in [0.5, 0.6) is 0 Å². The van der Waals surface area contributed by atoms with Crippen LogP contribution in [0, 0.1) is 0 Å². The third-order valence-corrected chi connectivity index (χ3v) is 3.63. The van der Waals surface area contributed by atoms with Gasteiger partial charge in [-0.2, -0.15) is 0 Å². The minimum atomic E-state index is -0.101. The Morgan fingerprint density at radius 2 is 2.05 bits per heavy atom. The van der Waals surface area contributed by atoms with Gasteiger partial charge in [-0.3, -0.25) is 0 Å². The third kappa shape index (κ3) is 2.56. The summed E-state index contributed by atoms with van der Waals surface area (Å²) >= 11 is 0. The molecule has 4 heteroatoms. The first kappa shape index (κ1) is 14.2. The van der Waals surface area contributed by atoms with Crippen LogP contribution in [0.15, 0.2) is 30.5 Å². The maximum absolute atomic E-state index is 5.89. The third-order valence-electron chi connectivity index (χ3n) is 3.63. The molecule has 0 spiro atoms. The molecule has 1 aliphatic heterocycles. The van der Waals surface area contributed by atoms with E-state index in [9.17, 15) is 0 Å². The highest BCUT2D eigenvalue weighted by Gasteiger charge is 2.38. The predicted octanol–water partition coefficient (Wildman–Crippen LogP) is 2.06. The van der Waals surface area contributed by atoms with E-state index in [1.165, 1.54) is 5.56 Å². The van der Waals surface area contributed by atoms with E-state index in [0.717, 1.165) is 23.4 Å². The summed E-state index contributed by atoms with van der Waals surface area (Å²) in [7, 11) is 5.89. The Bertz CT molecular complexity index is 485. The number of benzene rings is 1. The van der Waals surface area contributed by atoms with Crippen LogP contribution in [-0.2, 0) is 15.2 Å². The highest BCUT2D eigenvalue weighted by atomic mass is 17.2. The highest BCUT2D eigenvalue weighted by Crippen LogP contribution is 2.46. The molecule has 0 saturated heterocycles. The molecule has 0 atom stereocenters. The second kappa shape index (κ2) is 5.39. The van der Waals surface area contributed by atoms with Gasteiger partial charge in [0, 0.05) is 23.3 Å². The number of nitrogens with zero attached hydrogens (tertiary/aromatic N) is 1. The molecule has 0 bridgehead atoms. The lowest BCUT2D eigenvalue weighted by atomic mass is 9.81. The normalized spacial score (nSPS) is 16.8. The van der Waals surface area contributed by atoms with E-state index < -0.39 is 0 Å². The molecule has 0 amide bonds. The summed E-state index contributed by atoms with van der Waals surface area (Å²) in [5, 5.41) is 0. The number of rotatable bonds is 5. The van der Waals surface area contributed by atoms with E-state index in [-0.39, 0.29) is 5.41 Å². The van der Waals surface area contributed by atoms with Gasteiger partial charge >= 0.3 is 0 Å². The molecular weight excluding hydrogens is 237 g/mol. The molecule has 1 aliphatic rings. The SMILES string of the molecule is [B]c1ccc2c(c1)C(C)(C)C(=C)N2CCOOCC. The maximum atomic E-state index is 5.89. The summed E-state index contributed by atoms with van der Waals surface area (Å²) in [6.07, 6.45) is 0. The maximum Gasteiger partial charge on any atom is 0.113 e. The second-order valence-corrected chi connectivity index (χ2v) is 5.23. The number of hydrogen-bond acceptors (Lipinski definition) is 3. The van der Waals surface area contributed by atoms with Crippen molar-refractivity contribution in [1.29, 1.82) is 0 Å². The Morgan fingerprint density at radius 3 is 2.74 bits per heavy atom. The van der Waals surface area contributed by atoms with Crippen molar-refractivity contribution in [1.82, 2.24) is 0 Å². The molecular formula is C15H20BNO2. The molecule has 0 N–H and O–H groups in total. The topological polar surface area (TPSA) is 21.7 Å². The van der Waals surface area contributed by atoms with Crippen molar-refractivity contribution in [3.8, 4) is 0 Å². The molecule has 100 valence electrons. The van der Waals surface area contributed by atoms with Crippen LogP contribution in [0.4, 0.5) is 5.69 Å². The van der Waals surface area contributed by atoms with Gasteiger partial charge in [0.15, 0.2) is 0 Å². The standard InChI is InChI=1S/C15H20BNO2/c1-5-18-19-9-8-17-11(2)15(3,4)13-10-12(16)6-7-14(13)17/h6-7,10H,2,5,8-9H2,1,3-4H3. The monoisotopic (exact) mass is 257 g/mol. The first-order chi connectivity index (χ1) is 8.98. The predicted molar refractivity (Wildman–Crippen MR) is 78.9 cm³/mol. The van der Waals surface area contributed by atoms with Crippen LogP contribution in [0.25, 0.3) is 0 Å². The largest absolute Gasteiger partial charge is 0.342 e. The van der Waals surface area contributed by atoms with Crippen LogP contribution in [0.2, 0.25) is 0 Å². The van der Waals surface area contributed by atoms with Crippen molar-refractivity contribution in [2.24, 2.45) is 0 Å². The van der Waals surface area contributed by atoms with Gasteiger partial charge in [-0.05, 0) is 18.6 Å². The minimum Gasteiger partial charge on any atom is -0.342 e. The highest BCUT2D eigenvalue weighted by molar-refractivity contribution is 6.32. The first-order valence-corrected chi connectivity index (χ1v) is 6.59. The van der Waals surface area contributed by atoms with Crippen molar-refractivity contribution in [3.63, 3.8) is 0 Å². The summed E-state index contributed by atoms with van der Waals surface area (Å²) in [5.41, 5.74) is 4.12. The van der Waals surface area contributed by atoms with Crippen molar-refractivity contribution in [2.75, 3.05) is 24.7 Å². The average Bonchev–Trinajstić information content (AvgIpc) is 2.55. The van der Waals surface area contributed by atoms with Gasteiger partial charge in [0.1, 0.15) is 14.5 Å². The Morgan fingerprint density at radius 1 is 1.32 bits per heavy atom. The molecule has 2 rings (SSSR count). The summed E-state index contributed by atoms with van der Waals surface area (Å²) in [5.74, 6) is 0. The van der Waals surface area contributed by atoms with Crippen LogP contribution in [-0.4, -0.2) is 27.6 Å². The van der Waals surface area contributed by atoms with Gasteiger partial charge in [0.05, 0.1) is 6.61 Å². The summed E-state index contributed by atoms with van der Waals surface area (Å²) in [6, 6.07) is 6.00. The zero-order valence-corrected chi connectivity index (χ0v) is 11.9. The van der Waals surface area contributed by atoms with Gasteiger partial charge in [-0.1, -0.05) is 38.0 Å². The molecule has 2 radical (unpaired) electrons. The van der Waals surface area contributed by atoms with Crippen LogP contribution in [0.3, 0.4) is 0 Å². The molecule has 0 aromatic heterocycles. The summed E-state index contributed by atoms with van der Waals surface area (Å²) in [4.78, 5) is 12.2. The van der Waals surface area contributed by atoms with Gasteiger partial charge < -0.3 is 4.90 Å². The van der Waals surface area contributed by atoms with E-state index >= 15 is 0 Å². The van der Waals surface area contributed by atoms with E-state index in [1.807, 2.05) is 25.1 Å². The molecule has 0 unspecified atom stereocenters. The Kier molecular flexibility index (Phi) is 4.02. The zero-order chi connectivity index (χ0) is 14.0. The number of fused-ring (bicyclic) bond motifs is 1. The van der Waals surface area contributed by atoms with Gasteiger partial charge in [0.25, 0.3) is 0 Å². The lowest BCUT2D eigenvalue weighted by Gasteiger charge is -2.25. The lowest BCUT2D eigenvalue weighted by molar-refractivity contribution is -0.288. The smallest absolute Gasteiger partial charge is 0.113 e. The fourth-order valence-electron chi connectivity index (χ4n) is 2.45. The molecule has 0 aliphatic carbocycles. The molecule has 0 saturated carbocycles. The first-order valence-electron chi connectivity index (χ1n) is 6.59.